The van der Waals surface area contributed by atoms with E-state index >= 15 is 0 Å². The van der Waals surface area contributed by atoms with E-state index in [2.05, 4.69) is 30.3 Å². The molecule has 0 aromatic carbocycles. The first-order valence-electron chi connectivity index (χ1n) is 9.08. The van der Waals surface area contributed by atoms with Gasteiger partial charge in [0.2, 0.25) is 5.91 Å². The van der Waals surface area contributed by atoms with Crippen LogP contribution in [-0.2, 0) is 9.53 Å². The summed E-state index contributed by atoms with van der Waals surface area (Å²) in [6.07, 6.45) is 3.95. The Balaban J connectivity index is 1.85. The molecule has 0 aliphatic carbocycles. The maximum atomic E-state index is 12.6. The Bertz CT molecular complexity index is 419. The van der Waals surface area contributed by atoms with Crippen LogP contribution in [0, 0.1) is 5.92 Å². The minimum Gasteiger partial charge on any atom is -0.378 e. The van der Waals surface area contributed by atoms with Gasteiger partial charge in [0.25, 0.3) is 0 Å². The van der Waals surface area contributed by atoms with E-state index in [0.29, 0.717) is 24.4 Å². The van der Waals surface area contributed by atoms with Crippen LogP contribution in [0.5, 0.6) is 0 Å². The molecular formula is C17H32N4O2S. The van der Waals surface area contributed by atoms with Gasteiger partial charge in [-0.3, -0.25) is 9.79 Å². The molecule has 0 aromatic heterocycles. The summed E-state index contributed by atoms with van der Waals surface area (Å²) in [5.74, 6) is 1.47. The van der Waals surface area contributed by atoms with Gasteiger partial charge in [0.05, 0.1) is 19.8 Å². The second-order valence-corrected chi connectivity index (χ2v) is 7.72. The van der Waals surface area contributed by atoms with Crippen molar-refractivity contribution in [2.24, 2.45) is 10.9 Å². The van der Waals surface area contributed by atoms with Crippen molar-refractivity contribution in [3.8, 4) is 0 Å². The Morgan fingerprint density at radius 2 is 1.92 bits per heavy atom. The summed E-state index contributed by atoms with van der Waals surface area (Å²) in [6, 6.07) is 0. The smallest absolute Gasteiger partial charge is 0.225 e. The first-order valence-corrected chi connectivity index (χ1v) is 10.4. The number of nitrogens with zero attached hydrogens (tertiary/aromatic N) is 3. The number of rotatable bonds is 5. The third kappa shape index (κ3) is 5.55. The predicted octanol–water partition coefficient (Wildman–Crippen LogP) is 1.27. The number of amides is 1. The third-order valence-corrected chi connectivity index (χ3v) is 5.66. The standard InChI is InChI=1S/C17H32N4O2S/c1-4-18-17(19-13-14(2)24-3)21-7-5-15(6-8-21)16(22)20-9-11-23-12-10-20/h14-15H,4-13H2,1-3H3,(H,18,19). The van der Waals surface area contributed by atoms with Crippen LogP contribution in [-0.4, -0.2) is 85.7 Å². The van der Waals surface area contributed by atoms with Gasteiger partial charge in [-0.2, -0.15) is 11.8 Å². The molecule has 2 aliphatic rings. The molecule has 0 radical (unpaired) electrons. The first kappa shape index (κ1) is 19.4. The molecule has 0 saturated carbocycles. The first-order chi connectivity index (χ1) is 11.7. The quantitative estimate of drug-likeness (QED) is 0.594. The molecule has 1 atom stereocenters. The molecule has 1 unspecified atom stereocenters. The number of thioether (sulfide) groups is 1. The zero-order chi connectivity index (χ0) is 17.4. The van der Waals surface area contributed by atoms with Crippen molar-refractivity contribution in [1.82, 2.24) is 15.1 Å². The van der Waals surface area contributed by atoms with Crippen molar-refractivity contribution in [3.05, 3.63) is 0 Å². The normalized spacial score (nSPS) is 21.7. The molecule has 0 bridgehead atoms. The second-order valence-electron chi connectivity index (χ2n) is 6.44. The summed E-state index contributed by atoms with van der Waals surface area (Å²) < 4.78 is 5.34. The van der Waals surface area contributed by atoms with Crippen molar-refractivity contribution >= 4 is 23.6 Å². The van der Waals surface area contributed by atoms with Crippen LogP contribution >= 0.6 is 11.8 Å². The van der Waals surface area contributed by atoms with Gasteiger partial charge in [-0.05, 0) is 26.0 Å². The molecule has 1 amide bonds. The SMILES string of the molecule is CCNC(=NCC(C)SC)N1CCC(C(=O)N2CCOCC2)CC1. The lowest BCUT2D eigenvalue weighted by atomic mass is 9.95. The maximum Gasteiger partial charge on any atom is 0.225 e. The zero-order valence-electron chi connectivity index (χ0n) is 15.3. The van der Waals surface area contributed by atoms with Crippen LogP contribution in [0.25, 0.3) is 0 Å². The average Bonchev–Trinajstić information content (AvgIpc) is 2.65. The summed E-state index contributed by atoms with van der Waals surface area (Å²) >= 11 is 1.84. The van der Waals surface area contributed by atoms with E-state index < -0.39 is 0 Å². The Labute approximate surface area is 150 Å². The molecule has 2 heterocycles. The van der Waals surface area contributed by atoms with Crippen molar-refractivity contribution in [1.29, 1.82) is 0 Å². The summed E-state index contributed by atoms with van der Waals surface area (Å²) in [6.45, 7) is 10.7. The monoisotopic (exact) mass is 356 g/mol. The van der Waals surface area contributed by atoms with Gasteiger partial charge >= 0.3 is 0 Å². The molecule has 6 nitrogen and oxygen atoms in total. The molecule has 2 rings (SSSR count). The van der Waals surface area contributed by atoms with E-state index in [1.807, 2.05) is 16.7 Å². The van der Waals surface area contributed by atoms with Crippen molar-refractivity contribution in [3.63, 3.8) is 0 Å². The summed E-state index contributed by atoms with van der Waals surface area (Å²) in [5, 5.41) is 3.92. The van der Waals surface area contributed by atoms with Gasteiger partial charge in [0.15, 0.2) is 5.96 Å². The van der Waals surface area contributed by atoms with Gasteiger partial charge in [-0.25, -0.2) is 0 Å². The number of hydrogen-bond acceptors (Lipinski definition) is 4. The second kappa shape index (κ2) is 10.1. The Morgan fingerprint density at radius 1 is 1.25 bits per heavy atom. The van der Waals surface area contributed by atoms with Crippen LogP contribution in [0.2, 0.25) is 0 Å². The zero-order valence-corrected chi connectivity index (χ0v) is 16.1. The molecule has 0 spiro atoms. The number of likely N-dealkylation sites (tertiary alicyclic amines) is 1. The highest BCUT2D eigenvalue weighted by Crippen LogP contribution is 2.20. The Kier molecular flexibility index (Phi) is 8.18. The fourth-order valence-corrected chi connectivity index (χ4v) is 3.32. The number of ether oxygens (including phenoxy) is 1. The lowest BCUT2D eigenvalue weighted by molar-refractivity contribution is -0.140. The number of guanidine groups is 1. The summed E-state index contributed by atoms with van der Waals surface area (Å²) in [5.41, 5.74) is 0. The Morgan fingerprint density at radius 3 is 2.50 bits per heavy atom. The third-order valence-electron chi connectivity index (χ3n) is 4.70. The lowest BCUT2D eigenvalue weighted by Crippen LogP contribution is -2.50. The number of carbonyl (C=O) groups excluding carboxylic acids is 1. The molecule has 138 valence electrons. The van der Waals surface area contributed by atoms with Gasteiger partial charge in [-0.15, -0.1) is 0 Å². The molecule has 0 aromatic rings. The number of hydrogen-bond donors (Lipinski definition) is 1. The molecule has 1 N–H and O–H groups in total. The van der Waals surface area contributed by atoms with E-state index in [-0.39, 0.29) is 5.92 Å². The summed E-state index contributed by atoms with van der Waals surface area (Å²) in [7, 11) is 0. The van der Waals surface area contributed by atoms with Crippen molar-refractivity contribution in [2.75, 3.05) is 58.7 Å². The van der Waals surface area contributed by atoms with Gasteiger partial charge in [0, 0.05) is 43.9 Å². The van der Waals surface area contributed by atoms with E-state index in [1.54, 1.807) is 0 Å². The number of aliphatic imine (C=N–C) groups is 1. The minimum atomic E-state index is 0.160. The van der Waals surface area contributed by atoms with Crippen molar-refractivity contribution < 1.29 is 9.53 Å². The largest absolute Gasteiger partial charge is 0.378 e. The Hall–Kier alpha value is -0.950. The fraction of sp³-hybridized carbons (Fsp3) is 0.882. The average molecular weight is 357 g/mol. The molecule has 2 aliphatic heterocycles. The number of nitrogens with one attached hydrogen (secondary N) is 1. The highest BCUT2D eigenvalue weighted by atomic mass is 32.2. The highest BCUT2D eigenvalue weighted by molar-refractivity contribution is 7.99. The van der Waals surface area contributed by atoms with Crippen LogP contribution in [0.3, 0.4) is 0 Å². The molecule has 24 heavy (non-hydrogen) atoms. The van der Waals surface area contributed by atoms with E-state index in [4.69, 9.17) is 9.73 Å². The van der Waals surface area contributed by atoms with Crippen LogP contribution < -0.4 is 5.32 Å². The fourth-order valence-electron chi connectivity index (χ4n) is 3.10. The number of carbonyl (C=O) groups is 1. The van der Waals surface area contributed by atoms with Crippen LogP contribution in [0.1, 0.15) is 26.7 Å². The highest BCUT2D eigenvalue weighted by Gasteiger charge is 2.30. The van der Waals surface area contributed by atoms with E-state index in [9.17, 15) is 4.79 Å². The lowest BCUT2D eigenvalue weighted by Gasteiger charge is -2.36. The van der Waals surface area contributed by atoms with Crippen molar-refractivity contribution in [2.45, 2.75) is 31.9 Å². The molecule has 2 fully saturated rings. The van der Waals surface area contributed by atoms with E-state index in [1.165, 1.54) is 0 Å². The minimum absolute atomic E-state index is 0.160. The molecular weight excluding hydrogens is 324 g/mol. The van der Waals surface area contributed by atoms with Crippen LogP contribution in [0.15, 0.2) is 4.99 Å². The topological polar surface area (TPSA) is 57.2 Å². The molecule has 2 saturated heterocycles. The van der Waals surface area contributed by atoms with E-state index in [0.717, 1.165) is 58.1 Å². The van der Waals surface area contributed by atoms with Gasteiger partial charge < -0.3 is 19.9 Å². The number of morpholine rings is 1. The molecule has 7 heteroatoms. The van der Waals surface area contributed by atoms with Crippen LogP contribution in [0.4, 0.5) is 0 Å². The predicted molar refractivity (Wildman–Crippen MR) is 101 cm³/mol. The number of piperidine rings is 1. The maximum absolute atomic E-state index is 12.6. The van der Waals surface area contributed by atoms with Gasteiger partial charge in [0.1, 0.15) is 0 Å². The van der Waals surface area contributed by atoms with Gasteiger partial charge in [-0.1, -0.05) is 6.92 Å². The summed E-state index contributed by atoms with van der Waals surface area (Å²) in [4.78, 5) is 21.7.